The highest BCUT2D eigenvalue weighted by Crippen LogP contribution is 2.20. The zero-order valence-corrected chi connectivity index (χ0v) is 18.0. The fraction of sp³-hybridized carbons (Fsp3) is 0.350. The summed E-state index contributed by atoms with van der Waals surface area (Å²) in [6, 6.07) is 16.3. The van der Waals surface area contributed by atoms with Crippen molar-refractivity contribution in [2.45, 2.75) is 32.6 Å². The number of aliphatic imine (C=N–C) groups is 1. The molecule has 0 heterocycles. The van der Waals surface area contributed by atoms with Crippen LogP contribution in [0.1, 0.15) is 18.1 Å². The van der Waals surface area contributed by atoms with E-state index in [1.807, 2.05) is 37.3 Å². The van der Waals surface area contributed by atoms with Gasteiger partial charge >= 0.3 is 6.61 Å². The predicted octanol–water partition coefficient (Wildman–Crippen LogP) is 3.56. The smallest absolute Gasteiger partial charge is 0.387 e. The molecule has 0 saturated heterocycles. The first kappa shape index (κ1) is 24.1. The largest absolute Gasteiger partial charge is 0.434 e. The number of aliphatic hydroxyl groups excluding tert-OH is 1. The fourth-order valence-electron chi connectivity index (χ4n) is 2.52. The number of ether oxygens (including phenoxy) is 1. The molecule has 0 spiro atoms. The molecule has 8 heteroatoms. The van der Waals surface area contributed by atoms with Gasteiger partial charge in [-0.15, -0.1) is 24.0 Å². The van der Waals surface area contributed by atoms with Crippen LogP contribution >= 0.6 is 24.0 Å². The summed E-state index contributed by atoms with van der Waals surface area (Å²) in [5.74, 6) is 0.604. The van der Waals surface area contributed by atoms with Crippen LogP contribution in [0.25, 0.3) is 0 Å². The van der Waals surface area contributed by atoms with Gasteiger partial charge in [0.25, 0.3) is 0 Å². The number of alkyl halides is 2. The summed E-state index contributed by atoms with van der Waals surface area (Å²) < 4.78 is 29.5. The van der Waals surface area contributed by atoms with Crippen LogP contribution in [0, 0.1) is 0 Å². The molecule has 28 heavy (non-hydrogen) atoms. The maximum absolute atomic E-state index is 12.5. The van der Waals surface area contributed by atoms with Crippen molar-refractivity contribution in [1.82, 2.24) is 10.6 Å². The number of guanidine groups is 1. The van der Waals surface area contributed by atoms with Gasteiger partial charge < -0.3 is 20.5 Å². The fourth-order valence-corrected chi connectivity index (χ4v) is 2.52. The quantitative estimate of drug-likeness (QED) is 0.277. The first-order valence-electron chi connectivity index (χ1n) is 8.85. The van der Waals surface area contributed by atoms with E-state index in [-0.39, 0.29) is 36.3 Å². The molecular weight excluding hydrogens is 479 g/mol. The van der Waals surface area contributed by atoms with E-state index in [1.165, 1.54) is 6.07 Å². The Hall–Kier alpha value is -1.94. The molecule has 3 N–H and O–H groups in total. The molecule has 2 aromatic rings. The van der Waals surface area contributed by atoms with Gasteiger partial charge in [-0.25, -0.2) is 4.99 Å². The summed E-state index contributed by atoms with van der Waals surface area (Å²) in [5.41, 5.74) is 1.60. The molecule has 0 aliphatic carbocycles. The third-order valence-corrected chi connectivity index (χ3v) is 3.76. The molecule has 0 radical (unpaired) electrons. The Morgan fingerprint density at radius 3 is 2.43 bits per heavy atom. The molecule has 154 valence electrons. The Labute approximate surface area is 181 Å². The lowest BCUT2D eigenvalue weighted by atomic mass is 10.1. The number of hydrogen-bond acceptors (Lipinski definition) is 3. The maximum Gasteiger partial charge on any atom is 0.387 e. The lowest BCUT2D eigenvalue weighted by Crippen LogP contribution is -2.41. The van der Waals surface area contributed by atoms with Crippen molar-refractivity contribution in [3.63, 3.8) is 0 Å². The van der Waals surface area contributed by atoms with Gasteiger partial charge in [-0.3, -0.25) is 0 Å². The minimum atomic E-state index is -2.88. The molecule has 0 saturated carbocycles. The number of para-hydroxylation sites is 1. The van der Waals surface area contributed by atoms with Gasteiger partial charge in [-0.05, 0) is 18.6 Å². The second kappa shape index (κ2) is 13.3. The lowest BCUT2D eigenvalue weighted by Gasteiger charge is -2.16. The van der Waals surface area contributed by atoms with E-state index in [2.05, 4.69) is 20.4 Å². The number of nitrogens with zero attached hydrogens (tertiary/aromatic N) is 1. The van der Waals surface area contributed by atoms with Gasteiger partial charge in [-0.1, -0.05) is 48.5 Å². The topological polar surface area (TPSA) is 65.9 Å². The Bertz CT molecular complexity index is 718. The van der Waals surface area contributed by atoms with E-state index in [4.69, 9.17) is 0 Å². The highest BCUT2D eigenvalue weighted by Gasteiger charge is 2.10. The van der Waals surface area contributed by atoms with Crippen LogP contribution in [-0.2, 0) is 13.0 Å². The van der Waals surface area contributed by atoms with Gasteiger partial charge in [0.1, 0.15) is 5.75 Å². The van der Waals surface area contributed by atoms with Crippen molar-refractivity contribution >= 4 is 29.9 Å². The van der Waals surface area contributed by atoms with Crippen LogP contribution in [0.2, 0.25) is 0 Å². The van der Waals surface area contributed by atoms with Gasteiger partial charge in [0.05, 0.1) is 12.6 Å². The Kier molecular flexibility index (Phi) is 11.4. The molecule has 0 aromatic heterocycles. The van der Waals surface area contributed by atoms with Gasteiger partial charge in [0, 0.05) is 25.1 Å². The van der Waals surface area contributed by atoms with Gasteiger partial charge in [-0.2, -0.15) is 8.78 Å². The number of aliphatic hydroxyl groups is 1. The van der Waals surface area contributed by atoms with Gasteiger partial charge in [0.15, 0.2) is 5.96 Å². The summed E-state index contributed by atoms with van der Waals surface area (Å²) in [6.07, 6.45) is -0.0519. The molecule has 0 amide bonds. The van der Waals surface area contributed by atoms with E-state index in [0.29, 0.717) is 31.0 Å². The van der Waals surface area contributed by atoms with E-state index in [9.17, 15) is 13.9 Å². The van der Waals surface area contributed by atoms with E-state index in [0.717, 1.165) is 5.56 Å². The summed E-state index contributed by atoms with van der Waals surface area (Å²) in [5, 5.41) is 16.3. The Morgan fingerprint density at radius 1 is 1.07 bits per heavy atom. The van der Waals surface area contributed by atoms with Crippen LogP contribution in [0.4, 0.5) is 8.78 Å². The average Bonchev–Trinajstić information content (AvgIpc) is 2.65. The van der Waals surface area contributed by atoms with Crippen molar-refractivity contribution in [2.24, 2.45) is 4.99 Å². The zero-order chi connectivity index (χ0) is 19.5. The molecule has 0 fully saturated rings. The lowest BCUT2D eigenvalue weighted by molar-refractivity contribution is -0.0504. The third kappa shape index (κ3) is 8.83. The van der Waals surface area contributed by atoms with Crippen LogP contribution in [0.15, 0.2) is 59.6 Å². The van der Waals surface area contributed by atoms with Crippen molar-refractivity contribution in [1.29, 1.82) is 0 Å². The van der Waals surface area contributed by atoms with Crippen LogP contribution < -0.4 is 15.4 Å². The van der Waals surface area contributed by atoms with Crippen molar-refractivity contribution < 1.29 is 18.6 Å². The summed E-state index contributed by atoms with van der Waals surface area (Å²) in [7, 11) is 0. The normalized spacial score (nSPS) is 12.2. The van der Waals surface area contributed by atoms with Crippen LogP contribution in [-0.4, -0.2) is 36.9 Å². The molecule has 0 bridgehead atoms. The summed E-state index contributed by atoms with van der Waals surface area (Å²) in [4.78, 5) is 4.39. The van der Waals surface area contributed by atoms with Crippen molar-refractivity contribution in [2.75, 3.05) is 13.1 Å². The Balaban J connectivity index is 0.00000392. The molecule has 0 aliphatic heterocycles. The standard InChI is InChI=1S/C20H25F2N3O2.HI/c1-2-23-20(25-14-17(26)12-15-8-4-3-5-9-15)24-13-16-10-6-7-11-18(16)27-19(21)22;/h3-11,17,19,26H,2,12-14H2,1H3,(H2,23,24,25);1H. The first-order valence-corrected chi connectivity index (χ1v) is 8.85. The molecule has 2 rings (SSSR count). The molecule has 0 aliphatic rings. The minimum absolute atomic E-state index is 0. The number of rotatable bonds is 9. The van der Waals surface area contributed by atoms with Crippen molar-refractivity contribution in [3.8, 4) is 5.75 Å². The molecule has 5 nitrogen and oxygen atoms in total. The number of hydrogen-bond donors (Lipinski definition) is 3. The average molecular weight is 505 g/mol. The Morgan fingerprint density at radius 2 is 1.75 bits per heavy atom. The highest BCUT2D eigenvalue weighted by atomic mass is 127. The minimum Gasteiger partial charge on any atom is -0.434 e. The van der Waals surface area contributed by atoms with Crippen molar-refractivity contribution in [3.05, 3.63) is 65.7 Å². The van der Waals surface area contributed by atoms with Gasteiger partial charge in [0.2, 0.25) is 0 Å². The third-order valence-electron chi connectivity index (χ3n) is 3.76. The zero-order valence-electron chi connectivity index (χ0n) is 15.6. The predicted molar refractivity (Wildman–Crippen MR) is 117 cm³/mol. The van der Waals surface area contributed by atoms with E-state index >= 15 is 0 Å². The monoisotopic (exact) mass is 505 g/mol. The second-order valence-electron chi connectivity index (χ2n) is 5.91. The molecular formula is C20H26F2IN3O2. The second-order valence-corrected chi connectivity index (χ2v) is 5.91. The number of nitrogens with one attached hydrogen (secondary N) is 2. The van der Waals surface area contributed by atoms with Crippen LogP contribution in [0.3, 0.4) is 0 Å². The number of halogens is 3. The molecule has 1 unspecified atom stereocenters. The number of benzene rings is 2. The molecule has 1 atom stereocenters. The van der Waals surface area contributed by atoms with E-state index in [1.54, 1.807) is 18.2 Å². The highest BCUT2D eigenvalue weighted by molar-refractivity contribution is 14.0. The molecule has 2 aromatic carbocycles. The maximum atomic E-state index is 12.5. The first-order chi connectivity index (χ1) is 13.1. The summed E-state index contributed by atoms with van der Waals surface area (Å²) >= 11 is 0. The van der Waals surface area contributed by atoms with Crippen LogP contribution in [0.5, 0.6) is 5.75 Å². The SMILES string of the molecule is CCNC(=NCc1ccccc1OC(F)F)NCC(O)Cc1ccccc1.I. The summed E-state index contributed by atoms with van der Waals surface area (Å²) in [6.45, 7) is 0.166. The van der Waals surface area contributed by atoms with E-state index < -0.39 is 12.7 Å².